The zero-order valence-corrected chi connectivity index (χ0v) is 29.6. The zero-order valence-electron chi connectivity index (χ0n) is 29.6. The van der Waals surface area contributed by atoms with E-state index in [2.05, 4.69) is 176 Å². The third-order valence-electron chi connectivity index (χ3n) is 10.7. The van der Waals surface area contributed by atoms with Gasteiger partial charge in [-0.15, -0.1) is 0 Å². The van der Waals surface area contributed by atoms with Crippen LogP contribution in [0.25, 0.3) is 111 Å². The smallest absolute Gasteiger partial charge is 0.164 e. The number of nitrogens with zero attached hydrogens (tertiary/aromatic N) is 3. The van der Waals surface area contributed by atoms with Crippen molar-refractivity contribution >= 4 is 54.3 Å². The molecule has 0 bridgehead atoms. The second-order valence-electron chi connectivity index (χ2n) is 14.0. The first-order chi connectivity index (χ1) is 27.2. The molecule has 256 valence electrons. The SMILES string of the molecule is c1cc(-c2nc(-c3ccc4ccccc4c3)nc(-c3ccc4ccccc4c3)n2)cc(-c2ccc(-c3ccc4ccccc4c3)c3oc4ccccc4c23)c1. The fraction of sp³-hybridized carbons (Fsp3) is 0. The summed E-state index contributed by atoms with van der Waals surface area (Å²) in [6, 6.07) is 65.8. The van der Waals surface area contributed by atoms with Gasteiger partial charge in [0.2, 0.25) is 0 Å². The van der Waals surface area contributed by atoms with Crippen LogP contribution < -0.4 is 0 Å². The zero-order chi connectivity index (χ0) is 36.3. The molecule has 0 N–H and O–H groups in total. The molecule has 2 aromatic heterocycles. The third-order valence-corrected chi connectivity index (χ3v) is 10.7. The number of hydrogen-bond acceptors (Lipinski definition) is 4. The highest BCUT2D eigenvalue weighted by molar-refractivity contribution is 6.16. The van der Waals surface area contributed by atoms with Crippen LogP contribution in [0.1, 0.15) is 0 Å². The summed E-state index contributed by atoms with van der Waals surface area (Å²) < 4.78 is 6.68. The molecule has 0 fully saturated rings. The predicted molar refractivity (Wildman–Crippen MR) is 227 cm³/mol. The van der Waals surface area contributed by atoms with Crippen molar-refractivity contribution in [1.29, 1.82) is 0 Å². The van der Waals surface area contributed by atoms with E-state index in [0.717, 1.165) is 71.7 Å². The Balaban J connectivity index is 1.09. The Labute approximate surface area is 317 Å². The van der Waals surface area contributed by atoms with Gasteiger partial charge in [0.25, 0.3) is 0 Å². The summed E-state index contributed by atoms with van der Waals surface area (Å²) in [4.78, 5) is 15.4. The molecule has 0 spiro atoms. The minimum absolute atomic E-state index is 0.615. The summed E-state index contributed by atoms with van der Waals surface area (Å²) >= 11 is 0. The molecule has 11 aromatic rings. The molecule has 4 heteroatoms. The standard InChI is InChI=1S/C51H31N3O/c1-4-13-35-28-39(23-20-32(35)10-1)44-27-26-43(47-45-18-7-8-19-46(45)55-48(44)47)38-16-9-17-40(31-38)49-52-50(41-24-21-33-11-2-5-14-36(33)29-41)54-51(53-49)42-25-22-34-12-3-6-15-37(34)30-42/h1-31H. The first kappa shape index (κ1) is 31.1. The Hall–Kier alpha value is -7.43. The van der Waals surface area contributed by atoms with Crippen molar-refractivity contribution in [1.82, 2.24) is 15.0 Å². The molecule has 0 saturated heterocycles. The van der Waals surface area contributed by atoms with E-state index in [-0.39, 0.29) is 0 Å². The molecule has 0 saturated carbocycles. The highest BCUT2D eigenvalue weighted by Gasteiger charge is 2.19. The lowest BCUT2D eigenvalue weighted by molar-refractivity contribution is 0.670. The maximum atomic E-state index is 6.68. The van der Waals surface area contributed by atoms with Gasteiger partial charge in [0.05, 0.1) is 0 Å². The molecule has 0 unspecified atom stereocenters. The lowest BCUT2D eigenvalue weighted by atomic mass is 9.93. The van der Waals surface area contributed by atoms with E-state index in [1.54, 1.807) is 0 Å². The molecular formula is C51H31N3O. The molecule has 11 rings (SSSR count). The quantitative estimate of drug-likeness (QED) is 0.179. The molecule has 9 aromatic carbocycles. The van der Waals surface area contributed by atoms with Crippen LogP contribution in [0.5, 0.6) is 0 Å². The van der Waals surface area contributed by atoms with Crippen LogP contribution in [0.4, 0.5) is 0 Å². The molecular weight excluding hydrogens is 671 g/mol. The highest BCUT2D eigenvalue weighted by Crippen LogP contribution is 2.43. The molecule has 4 nitrogen and oxygen atoms in total. The van der Waals surface area contributed by atoms with Crippen LogP contribution >= 0.6 is 0 Å². The van der Waals surface area contributed by atoms with Crippen LogP contribution in [0.2, 0.25) is 0 Å². The van der Waals surface area contributed by atoms with E-state index >= 15 is 0 Å². The van der Waals surface area contributed by atoms with Crippen LogP contribution in [0, 0.1) is 0 Å². The highest BCUT2D eigenvalue weighted by atomic mass is 16.3. The fourth-order valence-electron chi connectivity index (χ4n) is 7.90. The average Bonchev–Trinajstić information content (AvgIpc) is 3.65. The molecule has 0 aliphatic rings. The van der Waals surface area contributed by atoms with E-state index in [1.807, 2.05) is 12.1 Å². The van der Waals surface area contributed by atoms with Gasteiger partial charge in [0.15, 0.2) is 17.5 Å². The van der Waals surface area contributed by atoms with Crippen molar-refractivity contribution < 1.29 is 4.42 Å². The predicted octanol–water partition coefficient (Wildman–Crippen LogP) is 13.6. The average molecular weight is 702 g/mol. The molecule has 2 heterocycles. The number of furan rings is 1. The van der Waals surface area contributed by atoms with Gasteiger partial charge in [-0.2, -0.15) is 0 Å². The molecule has 55 heavy (non-hydrogen) atoms. The Morgan fingerprint density at radius 3 is 1.35 bits per heavy atom. The first-order valence-corrected chi connectivity index (χ1v) is 18.5. The van der Waals surface area contributed by atoms with Gasteiger partial charge in [-0.1, -0.05) is 152 Å². The topological polar surface area (TPSA) is 51.8 Å². The number of benzene rings is 9. The van der Waals surface area contributed by atoms with Gasteiger partial charge in [0, 0.05) is 33.0 Å². The van der Waals surface area contributed by atoms with E-state index in [4.69, 9.17) is 19.4 Å². The van der Waals surface area contributed by atoms with Crippen molar-refractivity contribution in [2.24, 2.45) is 0 Å². The molecule has 0 radical (unpaired) electrons. The number of rotatable bonds is 5. The van der Waals surface area contributed by atoms with E-state index in [0.29, 0.717) is 17.5 Å². The van der Waals surface area contributed by atoms with Gasteiger partial charge in [-0.05, 0) is 85.4 Å². The van der Waals surface area contributed by atoms with E-state index in [9.17, 15) is 0 Å². The molecule has 0 aliphatic carbocycles. The second-order valence-corrected chi connectivity index (χ2v) is 14.0. The maximum Gasteiger partial charge on any atom is 0.164 e. The monoisotopic (exact) mass is 701 g/mol. The minimum atomic E-state index is 0.615. The fourth-order valence-corrected chi connectivity index (χ4v) is 7.90. The first-order valence-electron chi connectivity index (χ1n) is 18.5. The van der Waals surface area contributed by atoms with Crippen molar-refractivity contribution in [2.45, 2.75) is 0 Å². The van der Waals surface area contributed by atoms with Gasteiger partial charge < -0.3 is 4.42 Å². The number of aromatic nitrogens is 3. The van der Waals surface area contributed by atoms with Crippen molar-refractivity contribution in [3.63, 3.8) is 0 Å². The number of hydrogen-bond donors (Lipinski definition) is 0. The summed E-state index contributed by atoms with van der Waals surface area (Å²) in [5.74, 6) is 1.88. The van der Waals surface area contributed by atoms with Crippen molar-refractivity contribution in [3.8, 4) is 56.4 Å². The van der Waals surface area contributed by atoms with Crippen LogP contribution in [0.15, 0.2) is 192 Å². The summed E-state index contributed by atoms with van der Waals surface area (Å²) in [5.41, 5.74) is 8.85. The minimum Gasteiger partial charge on any atom is -0.455 e. The van der Waals surface area contributed by atoms with Gasteiger partial charge >= 0.3 is 0 Å². The lowest BCUT2D eigenvalue weighted by Gasteiger charge is -2.12. The number of para-hydroxylation sites is 1. The second kappa shape index (κ2) is 12.6. The van der Waals surface area contributed by atoms with Crippen LogP contribution in [-0.4, -0.2) is 15.0 Å². The van der Waals surface area contributed by atoms with Crippen LogP contribution in [0.3, 0.4) is 0 Å². The Morgan fingerprint density at radius 2 is 0.745 bits per heavy atom. The summed E-state index contributed by atoms with van der Waals surface area (Å²) in [6.07, 6.45) is 0. The lowest BCUT2D eigenvalue weighted by Crippen LogP contribution is -2.00. The van der Waals surface area contributed by atoms with Crippen molar-refractivity contribution in [3.05, 3.63) is 188 Å². The Kier molecular flexibility index (Phi) is 7.14. The van der Waals surface area contributed by atoms with Gasteiger partial charge in [-0.3, -0.25) is 0 Å². The van der Waals surface area contributed by atoms with E-state index in [1.165, 1.54) is 21.5 Å². The Bertz CT molecular complexity index is 3190. The van der Waals surface area contributed by atoms with Crippen LogP contribution in [-0.2, 0) is 0 Å². The largest absolute Gasteiger partial charge is 0.455 e. The van der Waals surface area contributed by atoms with E-state index < -0.39 is 0 Å². The molecule has 0 atom stereocenters. The van der Waals surface area contributed by atoms with Crippen molar-refractivity contribution in [2.75, 3.05) is 0 Å². The molecule has 0 aliphatic heterocycles. The third kappa shape index (κ3) is 5.43. The maximum absolute atomic E-state index is 6.68. The Morgan fingerprint density at radius 1 is 0.309 bits per heavy atom. The number of fused-ring (bicyclic) bond motifs is 6. The van der Waals surface area contributed by atoms with Gasteiger partial charge in [0.1, 0.15) is 11.2 Å². The summed E-state index contributed by atoms with van der Waals surface area (Å²) in [5, 5.41) is 9.20. The normalized spacial score (nSPS) is 11.6. The van der Waals surface area contributed by atoms with Gasteiger partial charge in [-0.25, -0.2) is 15.0 Å². The molecule has 0 amide bonds. The summed E-state index contributed by atoms with van der Waals surface area (Å²) in [6.45, 7) is 0. The summed E-state index contributed by atoms with van der Waals surface area (Å²) in [7, 11) is 0.